The Labute approximate surface area is 199 Å². The predicted octanol–water partition coefficient (Wildman–Crippen LogP) is 4.07. The highest BCUT2D eigenvalue weighted by Crippen LogP contribution is 2.21. The smallest absolute Gasteiger partial charge is 0.251 e. The van der Waals surface area contributed by atoms with E-state index in [1.54, 1.807) is 41.4 Å². The molecule has 1 unspecified atom stereocenters. The van der Waals surface area contributed by atoms with Gasteiger partial charge in [0, 0.05) is 35.8 Å². The molecule has 0 spiro atoms. The van der Waals surface area contributed by atoms with Gasteiger partial charge in [0.2, 0.25) is 11.8 Å². The Hall–Kier alpha value is -2.93. The summed E-state index contributed by atoms with van der Waals surface area (Å²) in [7, 11) is 0. The van der Waals surface area contributed by atoms with E-state index in [9.17, 15) is 14.4 Å². The van der Waals surface area contributed by atoms with Gasteiger partial charge in [-0.2, -0.15) is 0 Å². The first-order valence-corrected chi connectivity index (χ1v) is 11.7. The number of piperidine rings is 1. The molecule has 176 valence electrons. The molecule has 2 N–H and O–H groups in total. The molecule has 33 heavy (non-hydrogen) atoms. The second-order valence-corrected chi connectivity index (χ2v) is 9.41. The standard InChI is InChI=1S/C25H31ClN4O3/c1-16(2)14-21(28-23(31)18-5-7-20(26)8-6-18)25(33)30-12-10-19(11-13-30)24(32)29-22-9-4-17(3)15-27-22/h4-9,15-16,19,21H,10-14H2,1-3H3,(H,28,31)(H,27,29,32). The van der Waals surface area contributed by atoms with E-state index in [1.165, 1.54) is 0 Å². The van der Waals surface area contributed by atoms with Crippen LogP contribution in [-0.2, 0) is 9.59 Å². The molecule has 3 amide bonds. The Balaban J connectivity index is 1.57. The number of rotatable bonds is 7. The lowest BCUT2D eigenvalue weighted by Crippen LogP contribution is -2.51. The Bertz CT molecular complexity index is 968. The Morgan fingerprint density at radius 2 is 1.76 bits per heavy atom. The van der Waals surface area contributed by atoms with Crippen molar-refractivity contribution < 1.29 is 14.4 Å². The molecule has 1 aromatic heterocycles. The van der Waals surface area contributed by atoms with Crippen LogP contribution in [0.4, 0.5) is 5.82 Å². The van der Waals surface area contributed by atoms with Crippen LogP contribution in [0.3, 0.4) is 0 Å². The molecule has 0 bridgehead atoms. The van der Waals surface area contributed by atoms with Gasteiger partial charge in [0.15, 0.2) is 0 Å². The summed E-state index contributed by atoms with van der Waals surface area (Å²) in [6.45, 7) is 6.93. The third-order valence-electron chi connectivity index (χ3n) is 5.76. The van der Waals surface area contributed by atoms with Gasteiger partial charge in [-0.25, -0.2) is 4.98 Å². The fourth-order valence-electron chi connectivity index (χ4n) is 3.89. The maximum Gasteiger partial charge on any atom is 0.251 e. The number of pyridine rings is 1. The SMILES string of the molecule is Cc1ccc(NC(=O)C2CCN(C(=O)C(CC(C)C)NC(=O)c3ccc(Cl)cc3)CC2)nc1. The van der Waals surface area contributed by atoms with Gasteiger partial charge in [-0.1, -0.05) is 31.5 Å². The number of carbonyl (C=O) groups excluding carboxylic acids is 3. The van der Waals surface area contributed by atoms with Gasteiger partial charge in [0.05, 0.1) is 0 Å². The summed E-state index contributed by atoms with van der Waals surface area (Å²) in [5.41, 5.74) is 1.49. The average molecular weight is 471 g/mol. The molecule has 1 fully saturated rings. The first kappa shape index (κ1) is 24.7. The van der Waals surface area contributed by atoms with E-state index >= 15 is 0 Å². The summed E-state index contributed by atoms with van der Waals surface area (Å²) in [4.78, 5) is 44.5. The number of halogens is 1. The van der Waals surface area contributed by atoms with E-state index in [2.05, 4.69) is 15.6 Å². The molecule has 1 aliphatic heterocycles. The monoisotopic (exact) mass is 470 g/mol. The highest BCUT2D eigenvalue weighted by atomic mass is 35.5. The number of likely N-dealkylation sites (tertiary alicyclic amines) is 1. The topological polar surface area (TPSA) is 91.4 Å². The Kier molecular flexibility index (Phi) is 8.44. The van der Waals surface area contributed by atoms with Crippen molar-refractivity contribution in [2.75, 3.05) is 18.4 Å². The number of aryl methyl sites for hydroxylation is 1. The second kappa shape index (κ2) is 11.3. The van der Waals surface area contributed by atoms with Crippen LogP contribution in [-0.4, -0.2) is 46.7 Å². The fourth-order valence-corrected chi connectivity index (χ4v) is 4.01. The largest absolute Gasteiger partial charge is 0.341 e. The maximum absolute atomic E-state index is 13.2. The summed E-state index contributed by atoms with van der Waals surface area (Å²) in [5, 5.41) is 6.30. The quantitative estimate of drug-likeness (QED) is 0.638. The van der Waals surface area contributed by atoms with Crippen molar-refractivity contribution in [2.24, 2.45) is 11.8 Å². The van der Waals surface area contributed by atoms with Gasteiger partial charge >= 0.3 is 0 Å². The molecule has 1 aliphatic rings. The molecule has 1 atom stereocenters. The van der Waals surface area contributed by atoms with Crippen molar-refractivity contribution in [3.63, 3.8) is 0 Å². The average Bonchev–Trinajstić information content (AvgIpc) is 2.80. The van der Waals surface area contributed by atoms with Gasteiger partial charge in [-0.05, 0) is 68.0 Å². The number of benzene rings is 1. The highest BCUT2D eigenvalue weighted by molar-refractivity contribution is 6.30. The molecule has 2 aromatic rings. The molecule has 7 nitrogen and oxygen atoms in total. The molecule has 8 heteroatoms. The summed E-state index contributed by atoms with van der Waals surface area (Å²) in [5.74, 6) is 0.106. The van der Waals surface area contributed by atoms with Crippen molar-refractivity contribution >= 4 is 35.1 Å². The lowest BCUT2D eigenvalue weighted by Gasteiger charge is -2.34. The van der Waals surface area contributed by atoms with Crippen LogP contribution in [0, 0.1) is 18.8 Å². The highest BCUT2D eigenvalue weighted by Gasteiger charge is 2.32. The van der Waals surface area contributed by atoms with Crippen LogP contribution in [0.1, 0.15) is 49.0 Å². The minimum absolute atomic E-state index is 0.0757. The minimum atomic E-state index is -0.615. The number of amides is 3. The molecule has 2 heterocycles. The Morgan fingerprint density at radius 1 is 1.09 bits per heavy atom. The summed E-state index contributed by atoms with van der Waals surface area (Å²) in [6, 6.07) is 9.65. The van der Waals surface area contributed by atoms with E-state index in [4.69, 9.17) is 11.6 Å². The van der Waals surface area contributed by atoms with Crippen LogP contribution in [0.2, 0.25) is 5.02 Å². The van der Waals surface area contributed by atoms with Crippen molar-refractivity contribution in [1.29, 1.82) is 0 Å². The summed E-state index contributed by atoms with van der Waals surface area (Å²) in [6.07, 6.45) is 3.40. The predicted molar refractivity (Wildman–Crippen MR) is 129 cm³/mol. The van der Waals surface area contributed by atoms with Crippen LogP contribution in [0.25, 0.3) is 0 Å². The molecule has 3 rings (SSSR count). The third-order valence-corrected chi connectivity index (χ3v) is 6.01. The first-order chi connectivity index (χ1) is 15.7. The number of aromatic nitrogens is 1. The van der Waals surface area contributed by atoms with Crippen molar-refractivity contribution in [3.05, 3.63) is 58.7 Å². The van der Waals surface area contributed by atoms with Gasteiger partial charge in [-0.3, -0.25) is 14.4 Å². The number of hydrogen-bond donors (Lipinski definition) is 2. The molecular weight excluding hydrogens is 440 g/mol. The molecule has 1 saturated heterocycles. The van der Waals surface area contributed by atoms with Crippen molar-refractivity contribution in [2.45, 2.75) is 46.1 Å². The number of anilines is 1. The van der Waals surface area contributed by atoms with Gasteiger partial charge in [0.1, 0.15) is 11.9 Å². The van der Waals surface area contributed by atoms with Crippen molar-refractivity contribution in [3.8, 4) is 0 Å². The zero-order chi connectivity index (χ0) is 24.0. The van der Waals surface area contributed by atoms with Gasteiger partial charge in [0.25, 0.3) is 5.91 Å². The van der Waals surface area contributed by atoms with E-state index in [1.807, 2.05) is 26.8 Å². The molecular formula is C25H31ClN4O3. The lowest BCUT2D eigenvalue weighted by molar-refractivity contribution is -0.136. The minimum Gasteiger partial charge on any atom is -0.341 e. The zero-order valence-corrected chi connectivity index (χ0v) is 20.1. The first-order valence-electron chi connectivity index (χ1n) is 11.3. The van der Waals surface area contributed by atoms with Crippen LogP contribution in [0.15, 0.2) is 42.6 Å². The number of carbonyl (C=O) groups is 3. The van der Waals surface area contributed by atoms with E-state index < -0.39 is 6.04 Å². The number of nitrogens with one attached hydrogen (secondary N) is 2. The molecule has 0 radical (unpaired) electrons. The van der Waals surface area contributed by atoms with E-state index in [-0.39, 0.29) is 29.6 Å². The zero-order valence-electron chi connectivity index (χ0n) is 19.3. The number of nitrogens with zero attached hydrogens (tertiary/aromatic N) is 2. The van der Waals surface area contributed by atoms with Crippen molar-refractivity contribution in [1.82, 2.24) is 15.2 Å². The molecule has 0 aliphatic carbocycles. The Morgan fingerprint density at radius 3 is 2.33 bits per heavy atom. The fraction of sp³-hybridized carbons (Fsp3) is 0.440. The number of hydrogen-bond acceptors (Lipinski definition) is 4. The molecule has 0 saturated carbocycles. The normalized spacial score (nSPS) is 15.2. The van der Waals surface area contributed by atoms with Gasteiger partial charge < -0.3 is 15.5 Å². The second-order valence-electron chi connectivity index (χ2n) is 8.97. The summed E-state index contributed by atoms with van der Waals surface area (Å²) < 4.78 is 0. The summed E-state index contributed by atoms with van der Waals surface area (Å²) >= 11 is 5.90. The van der Waals surface area contributed by atoms with E-state index in [0.717, 1.165) is 5.56 Å². The van der Waals surface area contributed by atoms with Crippen LogP contribution >= 0.6 is 11.6 Å². The van der Waals surface area contributed by atoms with Crippen LogP contribution < -0.4 is 10.6 Å². The third kappa shape index (κ3) is 7.02. The molecule has 1 aromatic carbocycles. The maximum atomic E-state index is 13.2. The van der Waals surface area contributed by atoms with Crippen LogP contribution in [0.5, 0.6) is 0 Å². The lowest BCUT2D eigenvalue weighted by atomic mass is 9.94. The van der Waals surface area contributed by atoms with Gasteiger partial charge in [-0.15, -0.1) is 0 Å². The van der Waals surface area contributed by atoms with E-state index in [0.29, 0.717) is 48.8 Å².